The van der Waals surface area contributed by atoms with E-state index in [4.69, 9.17) is 5.73 Å². The average Bonchev–Trinajstić information content (AvgIpc) is 2.72. The summed E-state index contributed by atoms with van der Waals surface area (Å²) in [6, 6.07) is 4.48. The van der Waals surface area contributed by atoms with Crippen molar-refractivity contribution in [2.45, 2.75) is 38.5 Å². The lowest BCUT2D eigenvalue weighted by Gasteiger charge is -2.33. The second-order valence-electron chi connectivity index (χ2n) is 7.85. The minimum Gasteiger partial charge on any atom is -0.478 e. The Kier molecular flexibility index (Phi) is 6.67. The number of piperidine rings is 2. The van der Waals surface area contributed by atoms with Gasteiger partial charge in [0.1, 0.15) is 0 Å². The molecule has 1 amide bonds. The van der Waals surface area contributed by atoms with Gasteiger partial charge in [-0.25, -0.2) is 4.79 Å². The fourth-order valence-electron chi connectivity index (χ4n) is 4.30. The van der Waals surface area contributed by atoms with Crippen molar-refractivity contribution in [2.24, 2.45) is 11.8 Å². The Morgan fingerprint density at radius 3 is 2.64 bits per heavy atom. The second-order valence-corrected chi connectivity index (χ2v) is 7.85. The van der Waals surface area contributed by atoms with Crippen LogP contribution >= 0.6 is 0 Å². The summed E-state index contributed by atoms with van der Waals surface area (Å²) in [5.74, 6) is -1.16. The van der Waals surface area contributed by atoms with E-state index in [1.807, 2.05) is 0 Å². The van der Waals surface area contributed by atoms with Crippen molar-refractivity contribution in [3.05, 3.63) is 29.3 Å². The molecular weight excluding hydrogens is 358 g/mol. The first-order chi connectivity index (χ1) is 13.5. The van der Waals surface area contributed by atoms with Crippen LogP contribution < -0.4 is 11.1 Å². The SMILES string of the molecule is Nc1cccc(C(=O)O)c1C(=O)[C@@H]1CCCN(C(=O)CCC2CCNCC2)C1. The normalized spacial score (nSPS) is 20.7. The third-order valence-electron chi connectivity index (χ3n) is 5.94. The van der Waals surface area contributed by atoms with E-state index in [9.17, 15) is 19.5 Å². The molecule has 1 aromatic rings. The number of amides is 1. The lowest BCUT2D eigenvalue weighted by Crippen LogP contribution is -2.42. The van der Waals surface area contributed by atoms with Crippen LogP contribution in [0.1, 0.15) is 59.2 Å². The molecule has 2 saturated heterocycles. The molecule has 0 radical (unpaired) electrons. The molecule has 0 saturated carbocycles. The lowest BCUT2D eigenvalue weighted by atomic mass is 9.87. The Morgan fingerprint density at radius 2 is 1.93 bits per heavy atom. The molecule has 152 valence electrons. The number of nitrogens with two attached hydrogens (primary N) is 1. The van der Waals surface area contributed by atoms with Gasteiger partial charge in [-0.3, -0.25) is 9.59 Å². The third kappa shape index (κ3) is 4.70. The Labute approximate surface area is 165 Å². The van der Waals surface area contributed by atoms with Crippen molar-refractivity contribution >= 4 is 23.3 Å². The number of ketones is 1. The molecule has 2 aliphatic heterocycles. The molecule has 3 rings (SSSR count). The number of hydrogen-bond acceptors (Lipinski definition) is 5. The van der Waals surface area contributed by atoms with Crippen LogP contribution in [0.15, 0.2) is 18.2 Å². The third-order valence-corrected chi connectivity index (χ3v) is 5.94. The highest BCUT2D eigenvalue weighted by atomic mass is 16.4. The number of carbonyl (C=O) groups is 3. The molecule has 28 heavy (non-hydrogen) atoms. The van der Waals surface area contributed by atoms with E-state index >= 15 is 0 Å². The maximum absolute atomic E-state index is 13.0. The fraction of sp³-hybridized carbons (Fsp3) is 0.571. The number of nitrogens with zero attached hydrogens (tertiary/aromatic N) is 1. The smallest absolute Gasteiger partial charge is 0.336 e. The van der Waals surface area contributed by atoms with Gasteiger partial charge in [-0.05, 0) is 63.2 Å². The van der Waals surface area contributed by atoms with Crippen LogP contribution in [0.5, 0.6) is 0 Å². The van der Waals surface area contributed by atoms with E-state index in [0.717, 1.165) is 38.8 Å². The number of rotatable bonds is 6. The van der Waals surface area contributed by atoms with Crippen LogP contribution in [0.4, 0.5) is 5.69 Å². The Morgan fingerprint density at radius 1 is 1.18 bits per heavy atom. The van der Waals surface area contributed by atoms with Gasteiger partial charge in [0.2, 0.25) is 5.91 Å². The number of nitrogens with one attached hydrogen (secondary N) is 1. The minimum atomic E-state index is -1.17. The number of anilines is 1. The van der Waals surface area contributed by atoms with Crippen LogP contribution in [0.3, 0.4) is 0 Å². The number of carbonyl (C=O) groups excluding carboxylic acids is 2. The molecule has 2 fully saturated rings. The number of benzene rings is 1. The van der Waals surface area contributed by atoms with Gasteiger partial charge < -0.3 is 21.1 Å². The summed E-state index contributed by atoms with van der Waals surface area (Å²) >= 11 is 0. The molecule has 7 nitrogen and oxygen atoms in total. The number of aromatic carboxylic acids is 1. The van der Waals surface area contributed by atoms with E-state index in [1.54, 1.807) is 11.0 Å². The highest BCUT2D eigenvalue weighted by molar-refractivity contribution is 6.10. The van der Waals surface area contributed by atoms with Crippen LogP contribution in [0.2, 0.25) is 0 Å². The van der Waals surface area contributed by atoms with Crippen molar-refractivity contribution in [2.75, 3.05) is 31.9 Å². The standard InChI is InChI=1S/C21H29N3O4/c22-17-5-1-4-16(21(27)28)19(17)20(26)15-3-2-12-24(13-15)18(25)7-6-14-8-10-23-11-9-14/h1,4-5,14-15,23H,2-3,6-13,22H2,(H,27,28)/t15-/m1/s1. The van der Waals surface area contributed by atoms with Crippen LogP contribution in [-0.4, -0.2) is 53.8 Å². The second kappa shape index (κ2) is 9.19. The molecule has 0 bridgehead atoms. The largest absolute Gasteiger partial charge is 0.478 e. The first kappa shape index (κ1) is 20.3. The zero-order valence-electron chi connectivity index (χ0n) is 16.2. The molecule has 1 aromatic carbocycles. The maximum Gasteiger partial charge on any atom is 0.336 e. The van der Waals surface area contributed by atoms with Gasteiger partial charge in [-0.1, -0.05) is 6.07 Å². The lowest BCUT2D eigenvalue weighted by molar-refractivity contribution is -0.133. The van der Waals surface area contributed by atoms with Crippen LogP contribution in [-0.2, 0) is 4.79 Å². The zero-order chi connectivity index (χ0) is 20.1. The summed E-state index contributed by atoms with van der Waals surface area (Å²) in [6.07, 6.45) is 5.01. The van der Waals surface area contributed by atoms with Gasteiger partial charge in [-0.15, -0.1) is 0 Å². The van der Waals surface area contributed by atoms with Gasteiger partial charge >= 0.3 is 5.97 Å². The molecule has 0 unspecified atom stereocenters. The Hall–Kier alpha value is -2.41. The summed E-state index contributed by atoms with van der Waals surface area (Å²) in [7, 11) is 0. The maximum atomic E-state index is 13.0. The number of carboxylic acid groups (broad SMARTS) is 1. The van der Waals surface area contributed by atoms with Crippen LogP contribution in [0.25, 0.3) is 0 Å². The minimum absolute atomic E-state index is 0.0700. The van der Waals surface area contributed by atoms with Gasteiger partial charge in [0.15, 0.2) is 5.78 Å². The molecule has 4 N–H and O–H groups in total. The van der Waals surface area contributed by atoms with Crippen molar-refractivity contribution < 1.29 is 19.5 Å². The van der Waals surface area contributed by atoms with E-state index in [0.29, 0.717) is 31.8 Å². The van der Waals surface area contributed by atoms with Gasteiger partial charge in [0.25, 0.3) is 0 Å². The average molecular weight is 387 g/mol. The molecule has 0 aromatic heterocycles. The van der Waals surface area contributed by atoms with Crippen molar-refractivity contribution in [1.29, 1.82) is 0 Å². The Balaban J connectivity index is 1.64. The van der Waals surface area contributed by atoms with E-state index < -0.39 is 11.9 Å². The van der Waals surface area contributed by atoms with Crippen LogP contribution in [0, 0.1) is 11.8 Å². The number of hydrogen-bond donors (Lipinski definition) is 3. The summed E-state index contributed by atoms with van der Waals surface area (Å²) in [5, 5.41) is 12.7. The molecule has 1 atom stereocenters. The number of Topliss-reactive ketones (excluding diaryl/α,β-unsaturated/α-hetero) is 1. The van der Waals surface area contributed by atoms with Crippen molar-refractivity contribution in [1.82, 2.24) is 10.2 Å². The quantitative estimate of drug-likeness (QED) is 0.509. The van der Waals surface area contributed by atoms with Gasteiger partial charge in [0.05, 0.1) is 11.1 Å². The molecule has 0 spiro atoms. The highest BCUT2D eigenvalue weighted by Gasteiger charge is 2.32. The first-order valence-corrected chi connectivity index (χ1v) is 10.1. The molecule has 2 heterocycles. The predicted octanol–water partition coefficient (Wildman–Crippen LogP) is 2.17. The fourth-order valence-corrected chi connectivity index (χ4v) is 4.30. The summed E-state index contributed by atoms with van der Waals surface area (Å²) in [5.41, 5.74) is 6.10. The molecule has 7 heteroatoms. The first-order valence-electron chi connectivity index (χ1n) is 10.1. The van der Waals surface area contributed by atoms with Gasteiger partial charge in [-0.2, -0.15) is 0 Å². The number of carboxylic acids is 1. The zero-order valence-corrected chi connectivity index (χ0v) is 16.2. The summed E-state index contributed by atoms with van der Waals surface area (Å²) < 4.78 is 0. The van der Waals surface area contributed by atoms with E-state index in [2.05, 4.69) is 5.32 Å². The predicted molar refractivity (Wildman–Crippen MR) is 106 cm³/mol. The van der Waals surface area contributed by atoms with Gasteiger partial charge in [0, 0.05) is 31.1 Å². The summed E-state index contributed by atoms with van der Waals surface area (Å²) in [4.78, 5) is 39.0. The summed E-state index contributed by atoms with van der Waals surface area (Å²) in [6.45, 7) is 3.04. The Bertz CT molecular complexity index is 743. The van der Waals surface area contributed by atoms with E-state index in [-0.39, 0.29) is 28.5 Å². The molecule has 2 aliphatic rings. The van der Waals surface area contributed by atoms with Crippen molar-refractivity contribution in [3.63, 3.8) is 0 Å². The number of likely N-dealkylation sites (tertiary alicyclic amines) is 1. The molecular formula is C21H29N3O4. The van der Waals surface area contributed by atoms with E-state index in [1.165, 1.54) is 12.1 Å². The van der Waals surface area contributed by atoms with Crippen molar-refractivity contribution in [3.8, 4) is 0 Å². The highest BCUT2D eigenvalue weighted by Crippen LogP contribution is 2.27. The topological polar surface area (TPSA) is 113 Å². The number of nitrogen functional groups attached to an aromatic ring is 1. The molecule has 0 aliphatic carbocycles. The monoisotopic (exact) mass is 387 g/mol.